The summed E-state index contributed by atoms with van der Waals surface area (Å²) in [6.45, 7) is 8.99. The van der Waals surface area contributed by atoms with Crippen LogP contribution in [0.25, 0.3) is 0 Å². The van der Waals surface area contributed by atoms with Crippen LogP contribution in [0.1, 0.15) is 42.4 Å². The van der Waals surface area contributed by atoms with Gasteiger partial charge in [-0.15, -0.1) is 5.10 Å². The summed E-state index contributed by atoms with van der Waals surface area (Å²) in [7, 11) is 0. The summed E-state index contributed by atoms with van der Waals surface area (Å²) in [5.74, 6) is 0.825. The molecule has 0 radical (unpaired) electrons. The van der Waals surface area contributed by atoms with Gasteiger partial charge in [-0.05, 0) is 69.3 Å². The molecule has 2 fully saturated rings. The molecule has 0 atom stereocenters. The highest BCUT2D eigenvalue weighted by molar-refractivity contribution is 7.71. The number of nitrogens with zero attached hydrogens (tertiary/aromatic N) is 5. The molecule has 7 nitrogen and oxygen atoms in total. The fourth-order valence-electron chi connectivity index (χ4n) is 4.06. The second-order valence-corrected chi connectivity index (χ2v) is 8.30. The molecule has 3 heterocycles. The number of Topliss-reactive ketones (excluding diaryl/α,β-unsaturated/α-hetero) is 1. The maximum absolute atomic E-state index is 11.4. The van der Waals surface area contributed by atoms with Gasteiger partial charge in [-0.2, -0.15) is 0 Å². The van der Waals surface area contributed by atoms with Gasteiger partial charge in [-0.25, -0.2) is 4.68 Å². The van der Waals surface area contributed by atoms with Crippen molar-refractivity contribution in [2.45, 2.75) is 39.4 Å². The van der Waals surface area contributed by atoms with Gasteiger partial charge in [0, 0.05) is 37.4 Å². The van der Waals surface area contributed by atoms with E-state index in [0.29, 0.717) is 11.5 Å². The fourth-order valence-corrected chi connectivity index (χ4v) is 4.25. The molecule has 0 spiro atoms. The van der Waals surface area contributed by atoms with Crippen molar-refractivity contribution in [2.24, 2.45) is 0 Å². The lowest BCUT2D eigenvalue weighted by molar-refractivity contribution is 0.101. The van der Waals surface area contributed by atoms with E-state index in [-0.39, 0.29) is 5.78 Å². The number of benzene rings is 1. The third-order valence-electron chi connectivity index (χ3n) is 5.80. The molecule has 0 bridgehead atoms. The minimum atomic E-state index is 0.102. The number of rotatable bonds is 6. The van der Waals surface area contributed by atoms with Crippen molar-refractivity contribution >= 4 is 23.7 Å². The van der Waals surface area contributed by atoms with E-state index in [0.717, 1.165) is 63.0 Å². The number of hydrogen-bond donors (Lipinski definition) is 0. The number of aromatic nitrogens is 2. The Morgan fingerprint density at radius 1 is 1.00 bits per heavy atom. The lowest BCUT2D eigenvalue weighted by atomic mass is 10.1. The SMILES string of the molecule is CC(=O)c1ccc(N2CCN(Cn3nc(CN4CCCCC4)oc3=S)CC2)cc1. The average Bonchev–Trinajstić information content (AvgIpc) is 3.08. The number of carbonyl (C=O) groups is 1. The molecule has 8 heteroatoms. The number of piperazine rings is 1. The van der Waals surface area contributed by atoms with Crippen LogP contribution >= 0.6 is 12.2 Å². The second-order valence-electron chi connectivity index (χ2n) is 7.95. The number of likely N-dealkylation sites (tertiary alicyclic amines) is 1. The highest BCUT2D eigenvalue weighted by atomic mass is 32.1. The monoisotopic (exact) mass is 415 g/mol. The number of anilines is 1. The molecular weight excluding hydrogens is 386 g/mol. The lowest BCUT2D eigenvalue weighted by Gasteiger charge is -2.35. The van der Waals surface area contributed by atoms with Gasteiger partial charge in [0.05, 0.1) is 13.2 Å². The molecule has 0 saturated carbocycles. The van der Waals surface area contributed by atoms with Crippen LogP contribution in [-0.4, -0.2) is 64.6 Å². The van der Waals surface area contributed by atoms with Crippen molar-refractivity contribution in [3.63, 3.8) is 0 Å². The molecule has 2 saturated heterocycles. The third-order valence-corrected chi connectivity index (χ3v) is 6.09. The van der Waals surface area contributed by atoms with E-state index in [2.05, 4.69) is 19.8 Å². The van der Waals surface area contributed by atoms with Crippen LogP contribution in [0.15, 0.2) is 28.7 Å². The molecule has 0 N–H and O–H groups in total. The van der Waals surface area contributed by atoms with Gasteiger partial charge in [-0.1, -0.05) is 6.42 Å². The summed E-state index contributed by atoms with van der Waals surface area (Å²) < 4.78 is 7.55. The van der Waals surface area contributed by atoms with E-state index in [4.69, 9.17) is 16.6 Å². The zero-order valence-corrected chi connectivity index (χ0v) is 17.9. The predicted molar refractivity (Wildman–Crippen MR) is 115 cm³/mol. The van der Waals surface area contributed by atoms with Crippen LogP contribution < -0.4 is 4.90 Å². The molecular formula is C21H29N5O2S. The van der Waals surface area contributed by atoms with E-state index in [1.54, 1.807) is 6.92 Å². The Balaban J connectivity index is 1.30. The molecule has 2 aromatic rings. The molecule has 2 aliphatic heterocycles. The average molecular weight is 416 g/mol. The smallest absolute Gasteiger partial charge is 0.288 e. The summed E-state index contributed by atoms with van der Waals surface area (Å²) >= 11 is 5.39. The Bertz CT molecular complexity index is 877. The van der Waals surface area contributed by atoms with Gasteiger partial charge in [0.25, 0.3) is 4.84 Å². The Morgan fingerprint density at radius 2 is 1.69 bits per heavy atom. The highest BCUT2D eigenvalue weighted by Gasteiger charge is 2.20. The molecule has 1 aromatic heterocycles. The summed E-state index contributed by atoms with van der Waals surface area (Å²) in [6.07, 6.45) is 3.83. The van der Waals surface area contributed by atoms with Gasteiger partial charge < -0.3 is 9.32 Å². The van der Waals surface area contributed by atoms with E-state index in [1.807, 2.05) is 28.9 Å². The Kier molecular flexibility index (Phi) is 6.42. The normalized spacial score (nSPS) is 18.9. The quantitative estimate of drug-likeness (QED) is 0.530. The third kappa shape index (κ3) is 5.12. The van der Waals surface area contributed by atoms with Crippen molar-refractivity contribution in [3.05, 3.63) is 40.6 Å². The number of ketones is 1. The first-order chi connectivity index (χ1) is 14.1. The molecule has 0 aliphatic carbocycles. The zero-order chi connectivity index (χ0) is 20.2. The van der Waals surface area contributed by atoms with Crippen LogP contribution in [0.4, 0.5) is 5.69 Å². The Labute approximate surface area is 176 Å². The summed E-state index contributed by atoms with van der Waals surface area (Å²) in [5.41, 5.74) is 1.92. The molecule has 0 amide bonds. The minimum absolute atomic E-state index is 0.102. The van der Waals surface area contributed by atoms with Crippen LogP contribution in [-0.2, 0) is 13.2 Å². The van der Waals surface area contributed by atoms with Crippen LogP contribution in [0.5, 0.6) is 0 Å². The first-order valence-corrected chi connectivity index (χ1v) is 10.9. The van der Waals surface area contributed by atoms with E-state index in [9.17, 15) is 4.79 Å². The van der Waals surface area contributed by atoms with E-state index >= 15 is 0 Å². The van der Waals surface area contributed by atoms with Crippen molar-refractivity contribution in [3.8, 4) is 0 Å². The minimum Gasteiger partial charge on any atom is -0.412 e. The van der Waals surface area contributed by atoms with Gasteiger partial charge >= 0.3 is 0 Å². The standard InChI is InChI=1S/C21H29N5O2S/c1-17(27)18-5-7-19(8-6-18)25-13-11-24(12-14-25)16-26-21(29)28-20(22-26)15-23-9-3-2-4-10-23/h5-8H,2-4,9-16H2,1H3. The van der Waals surface area contributed by atoms with Crippen molar-refractivity contribution in [1.82, 2.24) is 19.6 Å². The molecule has 4 rings (SSSR count). The van der Waals surface area contributed by atoms with Crippen molar-refractivity contribution < 1.29 is 9.21 Å². The molecule has 29 heavy (non-hydrogen) atoms. The van der Waals surface area contributed by atoms with Crippen LogP contribution in [0, 0.1) is 4.84 Å². The van der Waals surface area contributed by atoms with E-state index < -0.39 is 0 Å². The van der Waals surface area contributed by atoms with Gasteiger partial charge in [-0.3, -0.25) is 14.6 Å². The van der Waals surface area contributed by atoms with Gasteiger partial charge in [0.15, 0.2) is 5.78 Å². The second kappa shape index (κ2) is 9.19. The molecule has 2 aliphatic rings. The summed E-state index contributed by atoms with van der Waals surface area (Å²) in [5, 5.41) is 4.62. The zero-order valence-electron chi connectivity index (χ0n) is 17.0. The fraction of sp³-hybridized carbons (Fsp3) is 0.571. The Morgan fingerprint density at radius 3 is 2.34 bits per heavy atom. The first-order valence-electron chi connectivity index (χ1n) is 10.5. The van der Waals surface area contributed by atoms with E-state index in [1.165, 1.54) is 19.3 Å². The largest absolute Gasteiger partial charge is 0.412 e. The lowest BCUT2D eigenvalue weighted by Crippen LogP contribution is -2.47. The predicted octanol–water partition coefficient (Wildman–Crippen LogP) is 3.17. The number of piperidine rings is 1. The van der Waals surface area contributed by atoms with Crippen molar-refractivity contribution in [2.75, 3.05) is 44.2 Å². The molecule has 156 valence electrons. The molecule has 0 unspecified atom stereocenters. The maximum atomic E-state index is 11.4. The topological polar surface area (TPSA) is 57.8 Å². The van der Waals surface area contributed by atoms with Crippen LogP contribution in [0.2, 0.25) is 0 Å². The molecule has 1 aromatic carbocycles. The number of hydrogen-bond acceptors (Lipinski definition) is 7. The van der Waals surface area contributed by atoms with Crippen molar-refractivity contribution in [1.29, 1.82) is 0 Å². The number of carbonyl (C=O) groups excluding carboxylic acids is 1. The van der Waals surface area contributed by atoms with Gasteiger partial charge in [0.1, 0.15) is 0 Å². The van der Waals surface area contributed by atoms with Crippen LogP contribution in [0.3, 0.4) is 0 Å². The maximum Gasteiger partial charge on any atom is 0.288 e. The summed E-state index contributed by atoms with van der Waals surface area (Å²) in [4.78, 5) is 19.0. The Hall–Kier alpha value is -2.03. The first kappa shape index (κ1) is 20.3. The highest BCUT2D eigenvalue weighted by Crippen LogP contribution is 2.18. The summed E-state index contributed by atoms with van der Waals surface area (Å²) in [6, 6.07) is 7.88. The van der Waals surface area contributed by atoms with Gasteiger partial charge in [0.2, 0.25) is 5.89 Å².